The molecule has 0 saturated carbocycles. The molecule has 50 heavy (non-hydrogen) atoms. The number of nitrogens with two attached hydrogens (primary N) is 1. The van der Waals surface area contributed by atoms with E-state index in [-0.39, 0.29) is 46.3 Å². The summed E-state index contributed by atoms with van der Waals surface area (Å²) < 4.78 is 43.8. The maximum atomic E-state index is 16.8. The highest BCUT2D eigenvalue weighted by atomic mass is 19.1. The number of hydrogen-bond donors (Lipinski definition) is 1. The summed E-state index contributed by atoms with van der Waals surface area (Å²) in [5.41, 5.74) is 7.31. The quantitative estimate of drug-likeness (QED) is 0.281. The summed E-state index contributed by atoms with van der Waals surface area (Å²) in [6.07, 6.45) is 8.15. The third kappa shape index (κ3) is 6.02. The van der Waals surface area contributed by atoms with Crippen molar-refractivity contribution in [2.24, 2.45) is 10.7 Å². The van der Waals surface area contributed by atoms with E-state index in [0.717, 1.165) is 38.8 Å². The second kappa shape index (κ2) is 13.5. The van der Waals surface area contributed by atoms with Gasteiger partial charge in [0.15, 0.2) is 5.82 Å². The van der Waals surface area contributed by atoms with Gasteiger partial charge in [-0.25, -0.2) is 8.78 Å². The van der Waals surface area contributed by atoms with E-state index in [0.29, 0.717) is 80.3 Å². The second-order valence-corrected chi connectivity index (χ2v) is 13.5. The Hall–Kier alpha value is -4.75. The lowest BCUT2D eigenvalue weighted by Crippen LogP contribution is -2.43. The van der Waals surface area contributed by atoms with Gasteiger partial charge in [0.25, 0.3) is 5.91 Å². The summed E-state index contributed by atoms with van der Waals surface area (Å²) in [5.74, 6) is -0.956. The Balaban J connectivity index is 1.19. The number of pyridine rings is 1. The van der Waals surface area contributed by atoms with Gasteiger partial charge in [-0.05, 0) is 62.7 Å². The zero-order chi connectivity index (χ0) is 34.2. The number of nitrogens with zero attached hydrogens (tertiary/aromatic N) is 7. The number of halogens is 2. The molecular formula is C37H40F2N8O3. The monoisotopic (exact) mass is 682 g/mol. The van der Waals surface area contributed by atoms with Crippen molar-refractivity contribution in [2.75, 3.05) is 70.5 Å². The molecule has 3 fully saturated rings. The van der Waals surface area contributed by atoms with Crippen LogP contribution in [-0.4, -0.2) is 108 Å². The van der Waals surface area contributed by atoms with Crippen molar-refractivity contribution in [1.29, 1.82) is 0 Å². The third-order valence-electron chi connectivity index (χ3n) is 10.5. The number of ether oxygens (including phenoxy) is 2. The van der Waals surface area contributed by atoms with Crippen molar-refractivity contribution >= 4 is 39.1 Å². The number of fused-ring (bicyclic) bond motifs is 3. The van der Waals surface area contributed by atoms with Crippen molar-refractivity contribution < 1.29 is 23.0 Å². The maximum Gasteiger partial charge on any atom is 0.319 e. The minimum atomic E-state index is -0.683. The van der Waals surface area contributed by atoms with Gasteiger partial charge in [0, 0.05) is 43.3 Å². The third-order valence-corrected chi connectivity index (χ3v) is 10.5. The normalized spacial score (nSPS) is 19.9. The van der Waals surface area contributed by atoms with Crippen LogP contribution in [0.3, 0.4) is 0 Å². The molecule has 13 heteroatoms. The van der Waals surface area contributed by atoms with E-state index >= 15 is 8.78 Å². The van der Waals surface area contributed by atoms with E-state index in [9.17, 15) is 4.79 Å². The molecule has 4 aliphatic rings. The predicted molar refractivity (Wildman–Crippen MR) is 187 cm³/mol. The Morgan fingerprint density at radius 1 is 1.00 bits per heavy atom. The van der Waals surface area contributed by atoms with Gasteiger partial charge in [-0.3, -0.25) is 19.7 Å². The summed E-state index contributed by atoms with van der Waals surface area (Å²) in [5, 5.41) is 1.32. The van der Waals surface area contributed by atoms with Crippen molar-refractivity contribution in [3.05, 3.63) is 66.0 Å². The number of benzene rings is 2. The number of anilines is 1. The number of carbonyl (C=O) groups is 1. The summed E-state index contributed by atoms with van der Waals surface area (Å²) >= 11 is 0. The Kier molecular flexibility index (Phi) is 8.77. The average Bonchev–Trinajstić information content (AvgIpc) is 3.64. The van der Waals surface area contributed by atoms with E-state index in [1.54, 1.807) is 47.5 Å². The molecule has 0 bridgehead atoms. The van der Waals surface area contributed by atoms with Gasteiger partial charge in [-0.1, -0.05) is 30.3 Å². The molecule has 0 spiro atoms. The molecule has 0 radical (unpaired) electrons. The summed E-state index contributed by atoms with van der Waals surface area (Å²) in [6.45, 7) is 5.74. The van der Waals surface area contributed by atoms with Crippen molar-refractivity contribution in [3.8, 4) is 17.3 Å². The van der Waals surface area contributed by atoms with Gasteiger partial charge in [0.1, 0.15) is 29.5 Å². The van der Waals surface area contributed by atoms with Gasteiger partial charge in [0.2, 0.25) is 0 Å². The molecule has 2 aromatic carbocycles. The van der Waals surface area contributed by atoms with Crippen LogP contribution < -0.4 is 15.4 Å². The molecule has 0 atom stereocenters. The van der Waals surface area contributed by atoms with Crippen LogP contribution in [0.5, 0.6) is 6.01 Å². The first kappa shape index (κ1) is 32.5. The molecule has 1 amide bonds. The Bertz CT molecular complexity index is 2000. The number of carbonyl (C=O) groups excluding carboxylic acids is 1. The minimum Gasteiger partial charge on any atom is -0.461 e. The zero-order valence-corrected chi connectivity index (χ0v) is 27.9. The topological polar surface area (TPSA) is 122 Å². The van der Waals surface area contributed by atoms with Gasteiger partial charge < -0.3 is 25.0 Å². The Labute approximate surface area is 288 Å². The van der Waals surface area contributed by atoms with Crippen LogP contribution in [0.4, 0.5) is 14.6 Å². The van der Waals surface area contributed by atoms with E-state index in [1.165, 1.54) is 6.07 Å². The summed E-state index contributed by atoms with van der Waals surface area (Å²) in [4.78, 5) is 38.0. The lowest BCUT2D eigenvalue weighted by atomic mass is 9.95. The van der Waals surface area contributed by atoms with Crippen molar-refractivity contribution in [2.45, 2.75) is 37.6 Å². The molecule has 2 N–H and O–H groups in total. The van der Waals surface area contributed by atoms with Crippen LogP contribution in [0.15, 0.2) is 59.4 Å². The number of amides is 1. The largest absolute Gasteiger partial charge is 0.461 e. The van der Waals surface area contributed by atoms with Crippen LogP contribution >= 0.6 is 0 Å². The van der Waals surface area contributed by atoms with E-state index in [1.807, 2.05) is 4.90 Å². The zero-order valence-electron chi connectivity index (χ0n) is 27.9. The Morgan fingerprint density at radius 2 is 1.78 bits per heavy atom. The highest BCUT2D eigenvalue weighted by molar-refractivity contribution is 6.06. The first-order chi connectivity index (χ1) is 24.4. The molecule has 260 valence electrons. The second-order valence-electron chi connectivity index (χ2n) is 13.5. The molecule has 3 saturated heterocycles. The standard InChI is InChI=1S/C37H40F2N8O3/c38-28-9-2-7-24-6-1-8-26(30(24)28)32-31(39)33-27(21-42-32)34(44-36(43-33)50-23-37-10-3-14-47(37)15-4-11-37)46-13-5-12-41-25(22-46)20-29(40)35(48)45-16-18-49-19-17-45/h1-2,6-9,20-21H,3-5,10-19,22-23,40H2. The lowest BCUT2D eigenvalue weighted by Gasteiger charge is -2.31. The molecule has 2 aromatic heterocycles. The van der Waals surface area contributed by atoms with E-state index in [2.05, 4.69) is 14.9 Å². The molecule has 0 unspecified atom stereocenters. The molecule has 8 rings (SSSR count). The average molecular weight is 683 g/mol. The van der Waals surface area contributed by atoms with Crippen LogP contribution in [0.1, 0.15) is 32.1 Å². The summed E-state index contributed by atoms with van der Waals surface area (Å²) in [7, 11) is 0. The first-order valence-electron chi connectivity index (χ1n) is 17.4. The molecule has 4 aromatic rings. The van der Waals surface area contributed by atoms with Gasteiger partial charge in [0.05, 0.1) is 42.1 Å². The molecule has 6 heterocycles. The van der Waals surface area contributed by atoms with E-state index < -0.39 is 11.6 Å². The smallest absolute Gasteiger partial charge is 0.319 e. The predicted octanol–water partition coefficient (Wildman–Crippen LogP) is 4.48. The highest BCUT2D eigenvalue weighted by Gasteiger charge is 2.45. The Morgan fingerprint density at radius 3 is 2.58 bits per heavy atom. The minimum absolute atomic E-state index is 0.00407. The molecule has 0 aliphatic carbocycles. The van der Waals surface area contributed by atoms with Crippen molar-refractivity contribution in [1.82, 2.24) is 24.8 Å². The fraction of sp³-hybridized carbons (Fsp3) is 0.432. The van der Waals surface area contributed by atoms with Crippen LogP contribution in [0.2, 0.25) is 0 Å². The number of rotatable bonds is 7. The van der Waals surface area contributed by atoms with Crippen molar-refractivity contribution in [3.63, 3.8) is 0 Å². The molecular weight excluding hydrogens is 642 g/mol. The molecule has 4 aliphatic heterocycles. The molecule has 11 nitrogen and oxygen atoms in total. The number of hydrogen-bond acceptors (Lipinski definition) is 10. The first-order valence-corrected chi connectivity index (χ1v) is 17.4. The van der Waals surface area contributed by atoms with Crippen LogP contribution in [0.25, 0.3) is 32.9 Å². The fourth-order valence-corrected chi connectivity index (χ4v) is 7.94. The van der Waals surface area contributed by atoms with Crippen LogP contribution in [0, 0.1) is 11.6 Å². The summed E-state index contributed by atoms with van der Waals surface area (Å²) in [6, 6.07) is 10.1. The fourth-order valence-electron chi connectivity index (χ4n) is 7.94. The number of morpholine rings is 1. The van der Waals surface area contributed by atoms with Gasteiger partial charge >= 0.3 is 6.01 Å². The van der Waals surface area contributed by atoms with Gasteiger partial charge in [-0.15, -0.1) is 0 Å². The van der Waals surface area contributed by atoms with Crippen LogP contribution in [-0.2, 0) is 9.53 Å². The maximum absolute atomic E-state index is 16.8. The number of aliphatic imine (C=N–C) groups is 1. The highest BCUT2D eigenvalue weighted by Crippen LogP contribution is 2.40. The lowest BCUT2D eigenvalue weighted by molar-refractivity contribution is -0.131. The SMILES string of the molecule is NC(=CC1=NCCCN(c2nc(OCC34CCCN3CCC4)nc3c(F)c(-c4cccc5cccc(F)c45)ncc23)C1)C(=O)N1CCOCC1. The van der Waals surface area contributed by atoms with E-state index in [4.69, 9.17) is 25.2 Å². The number of aromatic nitrogens is 3. The van der Waals surface area contributed by atoms with Gasteiger partial charge in [-0.2, -0.15) is 9.97 Å².